The molecular weight excluding hydrogens is 442 g/mol. The molecule has 0 aliphatic heterocycles. The summed E-state index contributed by atoms with van der Waals surface area (Å²) in [7, 11) is 0. The van der Waals surface area contributed by atoms with Crippen LogP contribution in [0.4, 0.5) is 4.79 Å². The molecule has 1 aromatic heterocycles. The Morgan fingerprint density at radius 3 is 2.36 bits per heavy atom. The maximum Gasteiger partial charge on any atom is 0.511 e. The summed E-state index contributed by atoms with van der Waals surface area (Å²) < 4.78 is 17.5. The van der Waals surface area contributed by atoms with E-state index in [0.717, 1.165) is 18.4 Å². The van der Waals surface area contributed by atoms with Crippen molar-refractivity contribution in [2.24, 2.45) is 0 Å². The zero-order chi connectivity index (χ0) is 24.6. The van der Waals surface area contributed by atoms with Crippen LogP contribution in [0.15, 0.2) is 24.3 Å². The van der Waals surface area contributed by atoms with Gasteiger partial charge in [-0.25, -0.2) is 4.79 Å². The van der Waals surface area contributed by atoms with E-state index in [1.165, 1.54) is 0 Å². The zero-order valence-corrected chi connectivity index (χ0v) is 21.0. The second kappa shape index (κ2) is 11.8. The number of nitrogens with zero attached hydrogens (tertiary/aromatic N) is 3. The number of hydrogen-bond donors (Lipinski definition) is 0. The van der Waals surface area contributed by atoms with Gasteiger partial charge in [-0.05, 0) is 36.8 Å². The van der Waals surface area contributed by atoms with Crippen LogP contribution in [-0.2, 0) is 26.2 Å². The molecule has 0 aliphatic rings. The molecule has 2 aromatic rings. The van der Waals surface area contributed by atoms with E-state index in [4.69, 9.17) is 25.8 Å². The van der Waals surface area contributed by atoms with Gasteiger partial charge in [0, 0.05) is 6.54 Å². The summed E-state index contributed by atoms with van der Waals surface area (Å²) in [6, 6.07) is 9.93. The minimum absolute atomic E-state index is 0.0262. The van der Waals surface area contributed by atoms with Crippen LogP contribution in [0.2, 0.25) is 5.02 Å². The van der Waals surface area contributed by atoms with Crippen molar-refractivity contribution in [3.8, 4) is 6.07 Å². The number of aryl methyl sites for hydroxylation is 2. The molecule has 0 amide bonds. The van der Waals surface area contributed by atoms with Gasteiger partial charge >= 0.3 is 6.16 Å². The summed E-state index contributed by atoms with van der Waals surface area (Å²) in [5.74, 6) is 0.190. The van der Waals surface area contributed by atoms with Crippen LogP contribution in [0.3, 0.4) is 0 Å². The van der Waals surface area contributed by atoms with Gasteiger partial charge in [0.1, 0.15) is 17.3 Å². The Bertz CT molecular complexity index is 1030. The van der Waals surface area contributed by atoms with E-state index in [1.807, 2.05) is 38.1 Å². The van der Waals surface area contributed by atoms with Crippen LogP contribution in [0.25, 0.3) is 11.3 Å². The van der Waals surface area contributed by atoms with Crippen LogP contribution >= 0.6 is 11.6 Å². The zero-order valence-electron chi connectivity index (χ0n) is 20.2. The lowest BCUT2D eigenvalue weighted by Crippen LogP contribution is -2.13. The quantitative estimate of drug-likeness (QED) is 0.136. The van der Waals surface area contributed by atoms with E-state index >= 15 is 0 Å². The van der Waals surface area contributed by atoms with Gasteiger partial charge in [-0.15, -0.1) is 0 Å². The molecule has 0 N–H and O–H groups in total. The van der Waals surface area contributed by atoms with Gasteiger partial charge in [-0.3, -0.25) is 4.68 Å². The van der Waals surface area contributed by atoms with Crippen molar-refractivity contribution in [2.45, 2.75) is 66.3 Å². The minimum atomic E-state index is -0.831. The van der Waals surface area contributed by atoms with E-state index in [2.05, 4.69) is 31.9 Å². The van der Waals surface area contributed by atoms with Gasteiger partial charge in [-0.1, -0.05) is 70.0 Å². The van der Waals surface area contributed by atoms with Crippen molar-refractivity contribution < 1.29 is 19.0 Å². The fourth-order valence-corrected chi connectivity index (χ4v) is 3.35. The molecule has 0 bridgehead atoms. The highest BCUT2D eigenvalue weighted by Crippen LogP contribution is 2.34. The maximum absolute atomic E-state index is 11.8. The Kier molecular flexibility index (Phi) is 9.36. The lowest BCUT2D eigenvalue weighted by molar-refractivity contribution is -0.00602. The predicted octanol–water partition coefficient (Wildman–Crippen LogP) is 6.48. The number of unbranched alkanes of at least 4 members (excludes halogenated alkanes) is 1. The summed E-state index contributed by atoms with van der Waals surface area (Å²) >= 11 is 6.55. The lowest BCUT2D eigenvalue weighted by Gasteiger charge is -2.19. The molecule has 8 heteroatoms. The average molecular weight is 474 g/mol. The number of hydrogen-bond acceptors (Lipinski definition) is 6. The number of carbonyl (C=O) groups excluding carboxylic acids is 1. The van der Waals surface area contributed by atoms with Crippen LogP contribution in [0.5, 0.6) is 0 Å². The largest absolute Gasteiger partial charge is 0.511 e. The number of halogens is 1. The fraction of sp³-hybridized carbons (Fsp3) is 0.480. The van der Waals surface area contributed by atoms with Crippen molar-refractivity contribution in [1.82, 2.24) is 9.78 Å². The van der Waals surface area contributed by atoms with Gasteiger partial charge < -0.3 is 14.2 Å². The second-order valence-electron chi connectivity index (χ2n) is 8.57. The van der Waals surface area contributed by atoms with E-state index in [0.29, 0.717) is 28.5 Å². The Morgan fingerprint density at radius 1 is 1.15 bits per heavy atom. The molecular formula is C25H32ClN3O4. The van der Waals surface area contributed by atoms with Gasteiger partial charge in [0.25, 0.3) is 0 Å². The first-order chi connectivity index (χ1) is 15.6. The fourth-order valence-electron chi connectivity index (χ4n) is 3.13. The van der Waals surface area contributed by atoms with Crippen molar-refractivity contribution >= 4 is 29.1 Å². The first-order valence-electron chi connectivity index (χ1n) is 11.0. The average Bonchev–Trinajstić information content (AvgIpc) is 3.06. The van der Waals surface area contributed by atoms with Crippen molar-refractivity contribution in [2.75, 3.05) is 13.4 Å². The Hall–Kier alpha value is -2.98. The van der Waals surface area contributed by atoms with E-state index in [1.54, 1.807) is 11.6 Å². The standard InChI is InChI=1S/C25H32ClN3O4/c1-7-9-14-31-24(30)33-16-32-23(22-21(26)17(3)28-29(22)8-2)20(15-27)18-10-12-19(13-11-18)25(4,5)6/h10-13H,7-9,14,16H2,1-6H3/b23-20-. The third-order valence-corrected chi connectivity index (χ3v) is 5.50. The molecule has 0 spiro atoms. The molecule has 178 valence electrons. The number of benzene rings is 1. The highest BCUT2D eigenvalue weighted by molar-refractivity contribution is 6.33. The predicted molar refractivity (Wildman–Crippen MR) is 129 cm³/mol. The Balaban J connectivity index is 2.46. The summed E-state index contributed by atoms with van der Waals surface area (Å²) in [5, 5.41) is 14.9. The molecule has 0 fully saturated rings. The Labute approximate surface area is 200 Å². The third kappa shape index (κ3) is 6.75. The van der Waals surface area contributed by atoms with Gasteiger partial charge in [0.15, 0.2) is 5.76 Å². The second-order valence-corrected chi connectivity index (χ2v) is 8.94. The SMILES string of the molecule is CCCCOC(=O)OCO/C(=C(/C#N)c1ccc(C(C)(C)C)cc1)c1c(Cl)c(C)nn1CC. The number of carbonyl (C=O) groups is 1. The lowest BCUT2D eigenvalue weighted by atomic mass is 9.86. The highest BCUT2D eigenvalue weighted by Gasteiger charge is 2.24. The van der Waals surface area contributed by atoms with Gasteiger partial charge in [0.05, 0.1) is 17.3 Å². The first-order valence-corrected chi connectivity index (χ1v) is 11.4. The van der Waals surface area contributed by atoms with Gasteiger partial charge in [-0.2, -0.15) is 10.4 Å². The summed E-state index contributed by atoms with van der Waals surface area (Å²) in [4.78, 5) is 11.8. The molecule has 1 heterocycles. The van der Waals surface area contributed by atoms with Crippen LogP contribution in [0.1, 0.15) is 70.0 Å². The number of nitriles is 1. The third-order valence-electron chi connectivity index (χ3n) is 5.05. The summed E-state index contributed by atoms with van der Waals surface area (Å²) in [5.41, 5.74) is 3.09. The minimum Gasteiger partial charge on any atom is -0.453 e. The van der Waals surface area contributed by atoms with Crippen LogP contribution < -0.4 is 0 Å². The molecule has 0 atom stereocenters. The van der Waals surface area contributed by atoms with E-state index in [-0.39, 0.29) is 23.4 Å². The molecule has 2 rings (SSSR count). The van der Waals surface area contributed by atoms with E-state index < -0.39 is 12.9 Å². The normalized spacial score (nSPS) is 12.1. The number of rotatable bonds is 9. The van der Waals surface area contributed by atoms with Crippen LogP contribution in [-0.4, -0.2) is 29.3 Å². The number of ether oxygens (including phenoxy) is 3. The van der Waals surface area contributed by atoms with Gasteiger partial charge in [0.2, 0.25) is 6.79 Å². The molecule has 0 radical (unpaired) electrons. The van der Waals surface area contributed by atoms with Crippen LogP contribution in [0, 0.1) is 18.3 Å². The molecule has 7 nitrogen and oxygen atoms in total. The number of aromatic nitrogens is 2. The molecule has 0 unspecified atom stereocenters. The first kappa shape index (κ1) is 26.3. The van der Waals surface area contributed by atoms with E-state index in [9.17, 15) is 10.1 Å². The smallest absolute Gasteiger partial charge is 0.453 e. The van der Waals surface area contributed by atoms with Crippen molar-refractivity contribution in [3.63, 3.8) is 0 Å². The van der Waals surface area contributed by atoms with Crippen molar-refractivity contribution in [1.29, 1.82) is 5.26 Å². The highest BCUT2D eigenvalue weighted by atomic mass is 35.5. The topological polar surface area (TPSA) is 86.4 Å². The Morgan fingerprint density at radius 2 is 1.82 bits per heavy atom. The van der Waals surface area contributed by atoms with Crippen molar-refractivity contribution in [3.05, 3.63) is 51.8 Å². The maximum atomic E-state index is 11.8. The summed E-state index contributed by atoms with van der Waals surface area (Å²) in [6.07, 6.45) is 0.811. The molecule has 33 heavy (non-hydrogen) atoms. The molecule has 0 saturated carbocycles. The molecule has 0 aliphatic carbocycles. The summed E-state index contributed by atoms with van der Waals surface area (Å²) in [6.45, 7) is 12.4. The molecule has 0 saturated heterocycles. The number of allylic oxidation sites excluding steroid dienone is 1. The molecule has 1 aromatic carbocycles. The monoisotopic (exact) mass is 473 g/mol.